The van der Waals surface area contributed by atoms with Crippen molar-refractivity contribution in [3.05, 3.63) is 71.8 Å². The summed E-state index contributed by atoms with van der Waals surface area (Å²) in [5, 5.41) is 11.5. The Morgan fingerprint density at radius 1 is 1.07 bits per heavy atom. The molecule has 2 amide bonds. The molecule has 8 heteroatoms. The van der Waals surface area contributed by atoms with Crippen LogP contribution in [-0.4, -0.2) is 40.0 Å². The van der Waals surface area contributed by atoms with E-state index in [1.54, 1.807) is 16.7 Å². The van der Waals surface area contributed by atoms with E-state index in [2.05, 4.69) is 27.6 Å². The predicted molar refractivity (Wildman–Crippen MR) is 119 cm³/mol. The summed E-state index contributed by atoms with van der Waals surface area (Å²) < 4.78 is 0.807. The lowest BCUT2D eigenvalue weighted by atomic mass is 10.1. The van der Waals surface area contributed by atoms with E-state index in [1.807, 2.05) is 48.5 Å². The number of benzene rings is 2. The zero-order valence-electron chi connectivity index (χ0n) is 16.4. The number of hydrogen-bond acceptors (Lipinski definition) is 6. The van der Waals surface area contributed by atoms with E-state index in [-0.39, 0.29) is 24.2 Å². The van der Waals surface area contributed by atoms with Gasteiger partial charge in [0.15, 0.2) is 4.34 Å². The summed E-state index contributed by atoms with van der Waals surface area (Å²) >= 11 is 2.95. The average molecular weight is 439 g/mol. The highest BCUT2D eigenvalue weighted by Gasteiger charge is 2.34. The molecule has 2 heterocycles. The molecule has 0 radical (unpaired) electrons. The lowest BCUT2D eigenvalue weighted by Crippen LogP contribution is -2.30. The molecule has 1 aromatic heterocycles. The molecule has 1 fully saturated rings. The summed E-state index contributed by atoms with van der Waals surface area (Å²) in [6.45, 7) is 1.08. The van der Waals surface area contributed by atoms with Gasteiger partial charge in [-0.1, -0.05) is 83.8 Å². The predicted octanol–water partition coefficient (Wildman–Crippen LogP) is 3.86. The van der Waals surface area contributed by atoms with Gasteiger partial charge in [0.05, 0.1) is 5.92 Å². The molecule has 30 heavy (non-hydrogen) atoms. The fourth-order valence-corrected chi connectivity index (χ4v) is 5.03. The van der Waals surface area contributed by atoms with Crippen LogP contribution in [0.3, 0.4) is 0 Å². The molecule has 2 aromatic carbocycles. The van der Waals surface area contributed by atoms with Crippen molar-refractivity contribution in [2.24, 2.45) is 5.92 Å². The van der Waals surface area contributed by atoms with Crippen LogP contribution in [-0.2, 0) is 21.8 Å². The number of hydrogen-bond donors (Lipinski definition) is 1. The molecule has 6 nitrogen and oxygen atoms in total. The quantitative estimate of drug-likeness (QED) is 0.427. The first-order valence-electron chi connectivity index (χ1n) is 9.80. The summed E-state index contributed by atoms with van der Waals surface area (Å²) in [7, 11) is 0. The number of rotatable bonds is 8. The number of likely N-dealkylation sites (tertiary alicyclic amines) is 1. The van der Waals surface area contributed by atoms with Gasteiger partial charge in [0.1, 0.15) is 0 Å². The average Bonchev–Trinajstić information content (AvgIpc) is 3.38. The first-order chi connectivity index (χ1) is 14.7. The van der Waals surface area contributed by atoms with Crippen molar-refractivity contribution in [2.45, 2.75) is 22.9 Å². The second-order valence-electron chi connectivity index (χ2n) is 7.11. The smallest absolute Gasteiger partial charge is 0.231 e. The van der Waals surface area contributed by atoms with E-state index in [0.29, 0.717) is 18.2 Å². The van der Waals surface area contributed by atoms with Gasteiger partial charge in [-0.3, -0.25) is 9.59 Å². The van der Waals surface area contributed by atoms with Gasteiger partial charge in [0.25, 0.3) is 0 Å². The highest BCUT2D eigenvalue weighted by Crippen LogP contribution is 2.29. The Balaban J connectivity index is 1.26. The molecule has 1 aliphatic rings. The molecule has 0 bridgehead atoms. The largest absolute Gasteiger partial charge is 0.342 e. The number of carbonyl (C=O) groups excluding carboxylic acids is 2. The van der Waals surface area contributed by atoms with E-state index >= 15 is 0 Å². The molecule has 154 valence electrons. The highest BCUT2D eigenvalue weighted by molar-refractivity contribution is 8.00. The van der Waals surface area contributed by atoms with Crippen molar-refractivity contribution >= 4 is 40.0 Å². The van der Waals surface area contributed by atoms with Crippen molar-refractivity contribution in [3.63, 3.8) is 0 Å². The van der Waals surface area contributed by atoms with Gasteiger partial charge >= 0.3 is 0 Å². The first kappa shape index (κ1) is 20.6. The topological polar surface area (TPSA) is 75.2 Å². The summed E-state index contributed by atoms with van der Waals surface area (Å²) in [5.74, 6) is 0.318. The lowest BCUT2D eigenvalue weighted by Gasteiger charge is -2.16. The minimum Gasteiger partial charge on any atom is -0.342 e. The lowest BCUT2D eigenvalue weighted by molar-refractivity contribution is -0.128. The van der Waals surface area contributed by atoms with Crippen molar-refractivity contribution in [1.82, 2.24) is 15.1 Å². The van der Waals surface area contributed by atoms with Crippen molar-refractivity contribution in [1.29, 1.82) is 0 Å². The Labute approximate surface area is 183 Å². The van der Waals surface area contributed by atoms with Crippen LogP contribution in [0.1, 0.15) is 17.5 Å². The first-order valence-corrected chi connectivity index (χ1v) is 11.6. The van der Waals surface area contributed by atoms with Gasteiger partial charge in [0, 0.05) is 25.3 Å². The Hall–Kier alpha value is -2.71. The number of thioether (sulfide) groups is 1. The molecule has 0 aliphatic carbocycles. The molecule has 1 atom stereocenters. The van der Waals surface area contributed by atoms with Gasteiger partial charge in [-0.05, 0) is 17.5 Å². The molecule has 1 saturated heterocycles. The van der Waals surface area contributed by atoms with Gasteiger partial charge < -0.3 is 10.2 Å². The Morgan fingerprint density at radius 2 is 1.77 bits per heavy atom. The minimum atomic E-state index is -0.349. The highest BCUT2D eigenvalue weighted by atomic mass is 32.2. The fourth-order valence-electron chi connectivity index (χ4n) is 3.32. The molecule has 0 spiro atoms. The number of aromatic nitrogens is 2. The Bertz CT molecular complexity index is 995. The standard InChI is InChI=1S/C22H22N4O2S2/c27-19-13-18(14-26(19)12-11-16-7-3-1-4-8-16)20(28)23-21-24-25-22(30-21)29-15-17-9-5-2-6-10-17/h1-10,18H,11-15H2,(H,23,24,28). The molecular weight excluding hydrogens is 416 g/mol. The normalized spacial score (nSPS) is 16.1. The third-order valence-corrected chi connectivity index (χ3v) is 6.98. The number of nitrogens with one attached hydrogen (secondary N) is 1. The summed E-state index contributed by atoms with van der Waals surface area (Å²) in [4.78, 5) is 26.7. The van der Waals surface area contributed by atoms with Crippen LogP contribution in [0.5, 0.6) is 0 Å². The van der Waals surface area contributed by atoms with E-state index < -0.39 is 0 Å². The zero-order valence-corrected chi connectivity index (χ0v) is 18.0. The number of anilines is 1. The van der Waals surface area contributed by atoms with Crippen LogP contribution in [0.15, 0.2) is 65.0 Å². The van der Waals surface area contributed by atoms with Crippen LogP contribution in [0.2, 0.25) is 0 Å². The fraction of sp³-hybridized carbons (Fsp3) is 0.273. The monoisotopic (exact) mass is 438 g/mol. The SMILES string of the molecule is O=C(Nc1nnc(SCc2ccccc2)s1)C1CC(=O)N(CCc2ccccc2)C1. The van der Waals surface area contributed by atoms with Gasteiger partial charge in [-0.25, -0.2) is 0 Å². The van der Waals surface area contributed by atoms with Crippen LogP contribution in [0.4, 0.5) is 5.13 Å². The zero-order chi connectivity index (χ0) is 20.8. The van der Waals surface area contributed by atoms with Crippen LogP contribution < -0.4 is 5.32 Å². The van der Waals surface area contributed by atoms with Crippen molar-refractivity contribution in [2.75, 3.05) is 18.4 Å². The van der Waals surface area contributed by atoms with Crippen molar-refractivity contribution in [3.8, 4) is 0 Å². The third-order valence-electron chi connectivity index (χ3n) is 4.94. The second kappa shape index (κ2) is 9.86. The van der Waals surface area contributed by atoms with Gasteiger partial charge in [-0.15, -0.1) is 10.2 Å². The molecule has 3 aromatic rings. The maximum Gasteiger partial charge on any atom is 0.231 e. The molecule has 0 saturated carbocycles. The number of nitrogens with zero attached hydrogens (tertiary/aromatic N) is 3. The third kappa shape index (κ3) is 5.46. The van der Waals surface area contributed by atoms with E-state index in [0.717, 1.165) is 16.5 Å². The maximum atomic E-state index is 12.6. The summed E-state index contributed by atoms with van der Waals surface area (Å²) in [6, 6.07) is 20.2. The summed E-state index contributed by atoms with van der Waals surface area (Å²) in [6.07, 6.45) is 1.04. The second-order valence-corrected chi connectivity index (χ2v) is 9.31. The van der Waals surface area contributed by atoms with Crippen LogP contribution in [0, 0.1) is 5.92 Å². The molecule has 1 unspecified atom stereocenters. The van der Waals surface area contributed by atoms with E-state index in [9.17, 15) is 9.59 Å². The molecule has 1 N–H and O–H groups in total. The Kier molecular flexibility index (Phi) is 6.76. The number of carbonyl (C=O) groups is 2. The van der Waals surface area contributed by atoms with E-state index in [1.165, 1.54) is 22.5 Å². The molecule has 4 rings (SSSR count). The molecular formula is C22H22N4O2S2. The Morgan fingerprint density at radius 3 is 2.50 bits per heavy atom. The van der Waals surface area contributed by atoms with E-state index in [4.69, 9.17) is 0 Å². The molecule has 1 aliphatic heterocycles. The summed E-state index contributed by atoms with van der Waals surface area (Å²) in [5.41, 5.74) is 2.40. The maximum absolute atomic E-state index is 12.6. The van der Waals surface area contributed by atoms with Crippen molar-refractivity contribution < 1.29 is 9.59 Å². The minimum absolute atomic E-state index is 0.0300. The van der Waals surface area contributed by atoms with Crippen LogP contribution >= 0.6 is 23.1 Å². The van der Waals surface area contributed by atoms with Crippen LogP contribution in [0.25, 0.3) is 0 Å². The number of amides is 2. The van der Waals surface area contributed by atoms with Gasteiger partial charge in [-0.2, -0.15) is 0 Å². The van der Waals surface area contributed by atoms with Gasteiger partial charge in [0.2, 0.25) is 16.9 Å².